The summed E-state index contributed by atoms with van der Waals surface area (Å²) < 4.78 is 20.2. The molecule has 0 aliphatic carbocycles. The van der Waals surface area contributed by atoms with E-state index >= 15 is 0 Å². The van der Waals surface area contributed by atoms with Crippen molar-refractivity contribution in [3.8, 4) is 11.5 Å². The first-order valence-electron chi connectivity index (χ1n) is 13.5. The van der Waals surface area contributed by atoms with Gasteiger partial charge < -0.3 is 25.8 Å². The molecule has 0 bridgehead atoms. The average molecular weight is 679 g/mol. The Labute approximate surface area is 266 Å². The number of amides is 3. The number of hydrogen-bond donors (Lipinski definition) is 4. The third-order valence-corrected chi connectivity index (χ3v) is 8.12. The van der Waals surface area contributed by atoms with Crippen LogP contribution in [-0.2, 0) is 9.59 Å². The van der Waals surface area contributed by atoms with Crippen LogP contribution in [0, 0.1) is 5.82 Å². The van der Waals surface area contributed by atoms with E-state index in [9.17, 15) is 23.9 Å². The van der Waals surface area contributed by atoms with Gasteiger partial charge in [-0.2, -0.15) is 0 Å². The fourth-order valence-electron chi connectivity index (χ4n) is 4.05. The number of phenolic OH excluding ortho intramolecular Hbond substituents is 1. The van der Waals surface area contributed by atoms with Crippen LogP contribution in [0.4, 0.5) is 15.8 Å². The molecule has 0 aliphatic heterocycles. The smallest absolute Gasteiger partial charge is 0.272 e. The molecule has 4 rings (SSSR count). The Balaban J connectivity index is 1.54. The molecule has 8 nitrogen and oxygen atoms in total. The summed E-state index contributed by atoms with van der Waals surface area (Å²) in [6.45, 7) is 1.85. The van der Waals surface area contributed by atoms with Gasteiger partial charge in [0.1, 0.15) is 23.0 Å². The predicted molar refractivity (Wildman–Crippen MR) is 174 cm³/mol. The summed E-state index contributed by atoms with van der Waals surface area (Å²) >= 11 is 4.48. The highest BCUT2D eigenvalue weighted by atomic mass is 79.9. The lowest BCUT2D eigenvalue weighted by atomic mass is 10.1. The highest BCUT2D eigenvalue weighted by Crippen LogP contribution is 2.30. The van der Waals surface area contributed by atoms with E-state index in [0.717, 1.165) is 0 Å². The Bertz CT molecular complexity index is 1700. The van der Waals surface area contributed by atoms with Crippen LogP contribution in [0.5, 0.6) is 11.5 Å². The summed E-state index contributed by atoms with van der Waals surface area (Å²) in [6.07, 6.45) is 1.92. The second kappa shape index (κ2) is 15.2. The third kappa shape index (κ3) is 8.71. The van der Waals surface area contributed by atoms with Crippen LogP contribution in [0.1, 0.15) is 29.3 Å². The lowest BCUT2D eigenvalue weighted by molar-refractivity contribution is -0.116. The van der Waals surface area contributed by atoms with E-state index in [-0.39, 0.29) is 23.0 Å². The number of benzene rings is 4. The minimum Gasteiger partial charge on any atom is -0.508 e. The maximum absolute atomic E-state index is 14.3. The van der Waals surface area contributed by atoms with Crippen molar-refractivity contribution < 1.29 is 28.6 Å². The van der Waals surface area contributed by atoms with Gasteiger partial charge >= 0.3 is 0 Å². The fourth-order valence-corrected chi connectivity index (χ4v) is 5.40. The number of carbonyl (C=O) groups excluding carboxylic acids is 3. The molecule has 0 fully saturated rings. The minimum absolute atomic E-state index is 0.0197. The van der Waals surface area contributed by atoms with Crippen molar-refractivity contribution >= 4 is 62.9 Å². The van der Waals surface area contributed by atoms with Crippen molar-refractivity contribution in [2.24, 2.45) is 0 Å². The number of nitrogens with one attached hydrogen (secondary N) is 3. The Kier molecular flexibility index (Phi) is 11.2. The van der Waals surface area contributed by atoms with Gasteiger partial charge in [0.25, 0.3) is 11.8 Å². The quantitative estimate of drug-likeness (QED) is 0.0984. The topological polar surface area (TPSA) is 117 Å². The fraction of sp³-hybridized carbons (Fsp3) is 0.121. The van der Waals surface area contributed by atoms with E-state index in [1.165, 1.54) is 49.2 Å². The molecule has 0 heterocycles. The highest BCUT2D eigenvalue weighted by molar-refractivity contribution is 9.10. The summed E-state index contributed by atoms with van der Waals surface area (Å²) in [4.78, 5) is 40.1. The molecule has 0 aliphatic rings. The lowest BCUT2D eigenvalue weighted by Crippen LogP contribution is -2.30. The van der Waals surface area contributed by atoms with Gasteiger partial charge in [0.05, 0.1) is 18.0 Å². The van der Waals surface area contributed by atoms with Gasteiger partial charge in [-0.1, -0.05) is 47.1 Å². The largest absolute Gasteiger partial charge is 0.508 e. The molecule has 4 aromatic carbocycles. The molecule has 3 amide bonds. The number of phenols is 1. The van der Waals surface area contributed by atoms with Crippen LogP contribution < -0.4 is 20.7 Å². The van der Waals surface area contributed by atoms with Crippen molar-refractivity contribution in [3.05, 3.63) is 118 Å². The standard InChI is InChI=1S/C33H29BrFN3O5S/c1-3-30(33(42)37-27-15-13-22(34)17-26(27)35)44-25-11-7-10-23(18-25)36-32(41)28(38-31(40)20-8-5-4-6-9-20)16-21-12-14-24(39)19-29(21)43-2/h4-19,30,39H,3H2,1-2H3,(H,36,41)(H,37,42)(H,38,40)/b28-16+. The number of rotatable bonds is 11. The van der Waals surface area contributed by atoms with Gasteiger partial charge in [-0.15, -0.1) is 11.8 Å². The van der Waals surface area contributed by atoms with Gasteiger partial charge in [-0.3, -0.25) is 14.4 Å². The number of ether oxygens (including phenoxy) is 1. The molecule has 0 radical (unpaired) electrons. The minimum atomic E-state index is -0.609. The molecular formula is C33H29BrFN3O5S. The number of carbonyl (C=O) groups is 3. The van der Waals surface area contributed by atoms with E-state index in [4.69, 9.17) is 4.74 Å². The SMILES string of the molecule is CCC(Sc1cccc(NC(=O)/C(=C\c2ccc(O)cc2OC)NC(=O)c2ccccc2)c1)C(=O)Nc1ccc(Br)cc1F. The molecule has 4 aromatic rings. The maximum atomic E-state index is 14.3. The van der Waals surface area contributed by atoms with E-state index in [0.29, 0.717) is 38.4 Å². The summed E-state index contributed by atoms with van der Waals surface area (Å²) in [5.74, 6) is -1.73. The first-order chi connectivity index (χ1) is 21.2. The Morgan fingerprint density at radius 2 is 1.75 bits per heavy atom. The van der Waals surface area contributed by atoms with Gasteiger partial charge in [-0.05, 0) is 73.2 Å². The Morgan fingerprint density at radius 3 is 2.45 bits per heavy atom. The first-order valence-corrected chi connectivity index (χ1v) is 15.1. The molecule has 0 spiro atoms. The van der Waals surface area contributed by atoms with E-state index in [1.807, 2.05) is 6.92 Å². The second-order valence-corrected chi connectivity index (χ2v) is 11.6. The van der Waals surface area contributed by atoms with E-state index in [2.05, 4.69) is 31.9 Å². The first kappa shape index (κ1) is 32.3. The zero-order chi connectivity index (χ0) is 31.6. The van der Waals surface area contributed by atoms with E-state index in [1.54, 1.807) is 66.7 Å². The summed E-state index contributed by atoms with van der Waals surface area (Å²) in [5.41, 5.74) is 1.25. The van der Waals surface area contributed by atoms with E-state index < -0.39 is 22.9 Å². The summed E-state index contributed by atoms with van der Waals surface area (Å²) in [5, 5.41) is 17.4. The normalized spacial score (nSPS) is 11.8. The Hall–Kier alpha value is -4.61. The predicted octanol–water partition coefficient (Wildman–Crippen LogP) is 7.22. The lowest BCUT2D eigenvalue weighted by Gasteiger charge is -2.16. The van der Waals surface area contributed by atoms with Gasteiger partial charge in [-0.25, -0.2) is 4.39 Å². The third-order valence-electron chi connectivity index (χ3n) is 6.27. The van der Waals surface area contributed by atoms with Crippen molar-refractivity contribution in [1.29, 1.82) is 0 Å². The molecule has 1 atom stereocenters. The monoisotopic (exact) mass is 677 g/mol. The molecular weight excluding hydrogens is 649 g/mol. The molecule has 0 saturated heterocycles. The van der Waals surface area contributed by atoms with Gasteiger partial charge in [0, 0.05) is 32.2 Å². The molecule has 1 unspecified atom stereocenters. The van der Waals surface area contributed by atoms with Crippen LogP contribution in [0.2, 0.25) is 0 Å². The highest BCUT2D eigenvalue weighted by Gasteiger charge is 2.21. The van der Waals surface area contributed by atoms with Crippen LogP contribution in [-0.4, -0.2) is 35.2 Å². The average Bonchev–Trinajstić information content (AvgIpc) is 3.02. The van der Waals surface area contributed by atoms with Crippen LogP contribution in [0.3, 0.4) is 0 Å². The summed E-state index contributed by atoms with van der Waals surface area (Å²) in [7, 11) is 1.43. The zero-order valence-corrected chi connectivity index (χ0v) is 26.2. The van der Waals surface area contributed by atoms with Gasteiger partial charge in [0.15, 0.2) is 0 Å². The second-order valence-electron chi connectivity index (χ2n) is 9.41. The number of aromatic hydroxyl groups is 1. The number of thioether (sulfide) groups is 1. The number of methoxy groups -OCH3 is 1. The number of anilines is 2. The van der Waals surface area contributed by atoms with Crippen molar-refractivity contribution in [3.63, 3.8) is 0 Å². The van der Waals surface area contributed by atoms with Crippen molar-refractivity contribution in [2.45, 2.75) is 23.5 Å². The Morgan fingerprint density at radius 1 is 0.977 bits per heavy atom. The number of halogens is 2. The van der Waals surface area contributed by atoms with Crippen LogP contribution >= 0.6 is 27.7 Å². The summed E-state index contributed by atoms with van der Waals surface area (Å²) in [6, 6.07) is 24.2. The van der Waals surface area contributed by atoms with Crippen molar-refractivity contribution in [1.82, 2.24) is 5.32 Å². The van der Waals surface area contributed by atoms with Crippen LogP contribution in [0.15, 0.2) is 106 Å². The molecule has 0 saturated carbocycles. The number of hydrogen-bond acceptors (Lipinski definition) is 6. The maximum Gasteiger partial charge on any atom is 0.272 e. The molecule has 44 heavy (non-hydrogen) atoms. The molecule has 4 N–H and O–H groups in total. The van der Waals surface area contributed by atoms with Gasteiger partial charge in [0.2, 0.25) is 5.91 Å². The zero-order valence-electron chi connectivity index (χ0n) is 23.8. The van der Waals surface area contributed by atoms with Crippen molar-refractivity contribution in [2.75, 3.05) is 17.7 Å². The molecule has 226 valence electrons. The molecule has 11 heteroatoms. The van der Waals surface area contributed by atoms with Crippen LogP contribution in [0.25, 0.3) is 6.08 Å². The molecule has 0 aromatic heterocycles.